The van der Waals surface area contributed by atoms with E-state index in [1.54, 1.807) is 12.1 Å². The Hall–Kier alpha value is -2.48. The molecule has 8 heteroatoms. The van der Waals surface area contributed by atoms with Crippen LogP contribution in [0.3, 0.4) is 0 Å². The lowest BCUT2D eigenvalue weighted by molar-refractivity contribution is -0.384. The summed E-state index contributed by atoms with van der Waals surface area (Å²) in [5, 5.41) is 10.6. The summed E-state index contributed by atoms with van der Waals surface area (Å²) in [5.41, 5.74) is 0.703. The third-order valence-corrected chi connectivity index (χ3v) is 2.98. The molecule has 0 saturated heterocycles. The molecule has 1 aromatic rings. The van der Waals surface area contributed by atoms with Gasteiger partial charge in [-0.05, 0) is 12.0 Å². The number of methoxy groups -OCH3 is 1. The maximum absolute atomic E-state index is 11.7. The number of rotatable bonds is 10. The Balaban J connectivity index is 2.62. The van der Waals surface area contributed by atoms with Crippen molar-refractivity contribution in [2.75, 3.05) is 13.7 Å². The number of benzene rings is 1. The summed E-state index contributed by atoms with van der Waals surface area (Å²) < 4.78 is 4.68. The van der Waals surface area contributed by atoms with Crippen LogP contribution in [0.25, 0.3) is 0 Å². The quantitative estimate of drug-likeness (QED) is 0.125. The summed E-state index contributed by atoms with van der Waals surface area (Å²) in [7, 11) is 1.26. The number of hydrogen-bond acceptors (Lipinski definition) is 7. The van der Waals surface area contributed by atoms with E-state index >= 15 is 0 Å². The van der Waals surface area contributed by atoms with E-state index in [4.69, 9.17) is 9.78 Å². The largest absolute Gasteiger partial charge is 0.467 e. The highest BCUT2D eigenvalue weighted by atomic mass is 17.2. The standard InChI is InChI=1S/C15H20N2O6/c1-3-4-9-22-23-11-16-14(15(18)21-2)10-12-5-7-13(8-6-12)17(19)20/h5-8,11,14H,3-4,9-10H2,1-2H3. The lowest BCUT2D eigenvalue weighted by atomic mass is 10.1. The van der Waals surface area contributed by atoms with Crippen molar-refractivity contribution in [1.29, 1.82) is 0 Å². The molecule has 0 saturated carbocycles. The normalized spacial score (nSPS) is 12.1. The van der Waals surface area contributed by atoms with Crippen LogP contribution in [-0.4, -0.2) is 37.1 Å². The van der Waals surface area contributed by atoms with Gasteiger partial charge < -0.3 is 9.62 Å². The Bertz CT molecular complexity index is 529. The summed E-state index contributed by atoms with van der Waals surface area (Å²) in [4.78, 5) is 35.4. The van der Waals surface area contributed by atoms with Crippen LogP contribution in [0.15, 0.2) is 29.3 Å². The maximum atomic E-state index is 11.7. The second-order valence-corrected chi connectivity index (χ2v) is 4.69. The first kappa shape index (κ1) is 18.6. The molecule has 0 N–H and O–H groups in total. The number of aliphatic imine (C=N–C) groups is 1. The fraction of sp³-hybridized carbons (Fsp3) is 0.467. The van der Waals surface area contributed by atoms with Crippen molar-refractivity contribution in [2.45, 2.75) is 32.2 Å². The minimum atomic E-state index is -0.809. The second kappa shape index (κ2) is 10.3. The van der Waals surface area contributed by atoms with Gasteiger partial charge in [-0.3, -0.25) is 10.1 Å². The summed E-state index contributed by atoms with van der Waals surface area (Å²) in [6, 6.07) is 5.08. The molecule has 1 rings (SSSR count). The number of nitro benzene ring substituents is 1. The van der Waals surface area contributed by atoms with E-state index < -0.39 is 16.9 Å². The van der Waals surface area contributed by atoms with Gasteiger partial charge in [-0.2, -0.15) is 4.89 Å². The number of carbonyl (C=O) groups is 1. The van der Waals surface area contributed by atoms with Crippen molar-refractivity contribution >= 4 is 18.1 Å². The molecule has 1 unspecified atom stereocenters. The Morgan fingerprint density at radius 1 is 1.39 bits per heavy atom. The first-order valence-corrected chi connectivity index (χ1v) is 7.19. The molecule has 126 valence electrons. The zero-order valence-electron chi connectivity index (χ0n) is 13.1. The van der Waals surface area contributed by atoms with Crippen molar-refractivity contribution < 1.29 is 24.2 Å². The van der Waals surface area contributed by atoms with Gasteiger partial charge in [0.05, 0.1) is 18.6 Å². The summed E-state index contributed by atoms with van der Waals surface area (Å²) >= 11 is 0. The highest BCUT2D eigenvalue weighted by Gasteiger charge is 2.18. The Morgan fingerprint density at radius 3 is 2.65 bits per heavy atom. The number of nitrogens with zero attached hydrogens (tertiary/aromatic N) is 2. The van der Waals surface area contributed by atoms with E-state index in [0.717, 1.165) is 24.8 Å². The number of esters is 1. The highest BCUT2D eigenvalue weighted by Crippen LogP contribution is 2.14. The molecule has 1 atom stereocenters. The molecular weight excluding hydrogens is 304 g/mol. The lowest BCUT2D eigenvalue weighted by Crippen LogP contribution is -2.23. The van der Waals surface area contributed by atoms with Gasteiger partial charge in [0.1, 0.15) is 0 Å². The van der Waals surface area contributed by atoms with Crippen molar-refractivity contribution in [3.8, 4) is 0 Å². The number of non-ortho nitro benzene ring substituents is 1. The molecule has 0 aliphatic rings. The summed E-state index contributed by atoms with van der Waals surface area (Å²) in [6.45, 7) is 2.46. The highest BCUT2D eigenvalue weighted by molar-refractivity contribution is 5.77. The fourth-order valence-corrected chi connectivity index (χ4v) is 1.69. The monoisotopic (exact) mass is 324 g/mol. The molecule has 23 heavy (non-hydrogen) atoms. The van der Waals surface area contributed by atoms with E-state index in [-0.39, 0.29) is 12.1 Å². The average molecular weight is 324 g/mol. The van der Waals surface area contributed by atoms with E-state index in [1.807, 2.05) is 6.92 Å². The van der Waals surface area contributed by atoms with Crippen LogP contribution in [0.4, 0.5) is 5.69 Å². The van der Waals surface area contributed by atoms with Gasteiger partial charge in [0.15, 0.2) is 6.04 Å². The zero-order valence-corrected chi connectivity index (χ0v) is 13.1. The summed E-state index contributed by atoms with van der Waals surface area (Å²) in [6.07, 6.45) is 3.13. The minimum Gasteiger partial charge on any atom is -0.467 e. The van der Waals surface area contributed by atoms with Crippen molar-refractivity contribution in [2.24, 2.45) is 4.99 Å². The van der Waals surface area contributed by atoms with E-state index in [1.165, 1.54) is 19.2 Å². The van der Waals surface area contributed by atoms with Crippen molar-refractivity contribution in [1.82, 2.24) is 0 Å². The first-order valence-electron chi connectivity index (χ1n) is 7.19. The fourth-order valence-electron chi connectivity index (χ4n) is 1.69. The topological polar surface area (TPSA) is 100 Å². The molecule has 1 aromatic carbocycles. The van der Waals surface area contributed by atoms with E-state index in [0.29, 0.717) is 6.61 Å². The van der Waals surface area contributed by atoms with Gasteiger partial charge in [0.2, 0.25) is 6.40 Å². The van der Waals surface area contributed by atoms with E-state index in [2.05, 4.69) is 9.73 Å². The molecule has 0 fully saturated rings. The smallest absolute Gasteiger partial charge is 0.331 e. The van der Waals surface area contributed by atoms with Crippen LogP contribution < -0.4 is 0 Å². The Morgan fingerprint density at radius 2 is 2.09 bits per heavy atom. The van der Waals surface area contributed by atoms with Crippen LogP contribution in [0.2, 0.25) is 0 Å². The van der Waals surface area contributed by atoms with Crippen LogP contribution in [0.1, 0.15) is 25.3 Å². The number of unbranched alkanes of at least 4 members (excludes halogenated alkanes) is 1. The van der Waals surface area contributed by atoms with Gasteiger partial charge in [0, 0.05) is 18.6 Å². The predicted octanol–water partition coefficient (Wildman–Crippen LogP) is 2.46. The number of ether oxygens (including phenoxy) is 1. The van der Waals surface area contributed by atoms with Crippen LogP contribution in [-0.2, 0) is 25.7 Å². The number of carbonyl (C=O) groups excluding carboxylic acids is 1. The van der Waals surface area contributed by atoms with Gasteiger partial charge in [-0.25, -0.2) is 9.79 Å². The van der Waals surface area contributed by atoms with Crippen molar-refractivity contribution in [3.05, 3.63) is 39.9 Å². The number of nitro groups is 1. The van der Waals surface area contributed by atoms with Crippen LogP contribution >= 0.6 is 0 Å². The Kier molecular flexibility index (Phi) is 8.30. The zero-order chi connectivity index (χ0) is 17.1. The third-order valence-electron chi connectivity index (χ3n) is 2.98. The van der Waals surface area contributed by atoms with Gasteiger partial charge in [0.25, 0.3) is 5.69 Å². The molecule has 8 nitrogen and oxygen atoms in total. The van der Waals surface area contributed by atoms with Gasteiger partial charge in [-0.1, -0.05) is 25.5 Å². The maximum Gasteiger partial charge on any atom is 0.331 e. The molecule has 0 aliphatic heterocycles. The predicted molar refractivity (Wildman–Crippen MR) is 83.0 cm³/mol. The molecular formula is C15H20N2O6. The SMILES string of the molecule is CCCCOOC=NC(Cc1ccc([N+](=O)[O-])cc1)C(=O)OC. The third kappa shape index (κ3) is 6.88. The average Bonchev–Trinajstić information content (AvgIpc) is 2.56. The first-order chi connectivity index (χ1) is 11.1. The van der Waals surface area contributed by atoms with E-state index in [9.17, 15) is 14.9 Å². The van der Waals surface area contributed by atoms with Gasteiger partial charge >= 0.3 is 5.97 Å². The van der Waals surface area contributed by atoms with Crippen LogP contribution in [0, 0.1) is 10.1 Å². The molecule has 0 aliphatic carbocycles. The Labute approximate surface area is 134 Å². The second-order valence-electron chi connectivity index (χ2n) is 4.69. The molecule has 0 aromatic heterocycles. The number of hydrogen-bond donors (Lipinski definition) is 0. The lowest BCUT2D eigenvalue weighted by Gasteiger charge is -2.09. The molecule has 0 spiro atoms. The van der Waals surface area contributed by atoms with Gasteiger partial charge in [-0.15, -0.1) is 0 Å². The molecule has 0 heterocycles. The van der Waals surface area contributed by atoms with Crippen LogP contribution in [0.5, 0.6) is 0 Å². The molecule has 0 radical (unpaired) electrons. The minimum absolute atomic E-state index is 0.0143. The molecule has 0 amide bonds. The summed E-state index contributed by atoms with van der Waals surface area (Å²) in [5.74, 6) is -0.531. The van der Waals surface area contributed by atoms with Crippen molar-refractivity contribution in [3.63, 3.8) is 0 Å². The molecule has 0 bridgehead atoms.